The Morgan fingerprint density at radius 1 is 1.43 bits per heavy atom. The van der Waals surface area contributed by atoms with Gasteiger partial charge in [-0.25, -0.2) is 4.79 Å². The van der Waals surface area contributed by atoms with Crippen LogP contribution in [0, 0.1) is 5.92 Å². The third-order valence-corrected chi connectivity index (χ3v) is 2.35. The monoisotopic (exact) mass is 295 g/mol. The number of nitrogens with one attached hydrogen (secondary N) is 4. The summed E-state index contributed by atoms with van der Waals surface area (Å²) in [5.74, 6) is 0.522. The average molecular weight is 295 g/mol. The molecule has 7 nitrogen and oxygen atoms in total. The Morgan fingerprint density at radius 3 is 2.71 bits per heavy atom. The fourth-order valence-corrected chi connectivity index (χ4v) is 1.34. The van der Waals surface area contributed by atoms with Gasteiger partial charge in [0, 0.05) is 26.0 Å². The minimum atomic E-state index is -0.480. The smallest absolute Gasteiger partial charge is 0.357 e. The van der Waals surface area contributed by atoms with Gasteiger partial charge in [0.1, 0.15) is 0 Å². The van der Waals surface area contributed by atoms with Crippen molar-refractivity contribution in [1.82, 2.24) is 21.4 Å². The van der Waals surface area contributed by atoms with E-state index in [1.807, 2.05) is 0 Å². The van der Waals surface area contributed by atoms with Crippen LogP contribution in [-0.4, -0.2) is 32.4 Å². The van der Waals surface area contributed by atoms with E-state index in [4.69, 9.17) is 4.74 Å². The summed E-state index contributed by atoms with van der Waals surface area (Å²) in [7, 11) is 0. The van der Waals surface area contributed by atoms with Crippen molar-refractivity contribution in [3.8, 4) is 0 Å². The van der Waals surface area contributed by atoms with Gasteiger partial charge in [0.15, 0.2) is 5.70 Å². The Balaban J connectivity index is 4.18. The standard InChI is InChI=1S/C14H25N5O2/c1-6-17-12(4)18-9-11(3)8-16-10-13(19-15-5)14(20)21-7-2/h6,10-11,16-19H,1,4-5,7-9H2,2-3H3/b13-10-/t11-/m1/s1. The Kier molecular flexibility index (Phi) is 10.1. The third kappa shape index (κ3) is 9.15. The quantitative estimate of drug-likeness (QED) is 0.183. The van der Waals surface area contributed by atoms with Crippen LogP contribution in [0.3, 0.4) is 0 Å². The highest BCUT2D eigenvalue weighted by Crippen LogP contribution is 1.95. The number of hydrogen-bond acceptors (Lipinski definition) is 7. The van der Waals surface area contributed by atoms with Crippen LogP contribution in [0.5, 0.6) is 0 Å². The first-order valence-electron chi connectivity index (χ1n) is 6.67. The minimum Gasteiger partial charge on any atom is -0.461 e. The zero-order chi connectivity index (χ0) is 16.1. The number of rotatable bonds is 12. The molecule has 7 heteroatoms. The topological polar surface area (TPSA) is 86.8 Å². The third-order valence-electron chi connectivity index (χ3n) is 2.35. The summed E-state index contributed by atoms with van der Waals surface area (Å²) in [5.41, 5.74) is 2.71. The van der Waals surface area contributed by atoms with Gasteiger partial charge in [0.25, 0.3) is 0 Å². The summed E-state index contributed by atoms with van der Waals surface area (Å²) >= 11 is 0. The van der Waals surface area contributed by atoms with Gasteiger partial charge < -0.3 is 20.7 Å². The molecule has 0 amide bonds. The minimum absolute atomic E-state index is 0.213. The summed E-state index contributed by atoms with van der Waals surface area (Å²) in [4.78, 5) is 11.6. The number of carbonyl (C=O) groups is 1. The van der Waals surface area contributed by atoms with E-state index in [1.165, 1.54) is 6.20 Å². The van der Waals surface area contributed by atoms with E-state index in [2.05, 4.69) is 53.3 Å². The predicted molar refractivity (Wildman–Crippen MR) is 85.0 cm³/mol. The molecule has 0 aromatic heterocycles. The molecule has 1 atom stereocenters. The number of ether oxygens (including phenoxy) is 1. The molecule has 0 aromatic rings. The zero-order valence-electron chi connectivity index (χ0n) is 12.7. The van der Waals surface area contributed by atoms with E-state index < -0.39 is 5.97 Å². The van der Waals surface area contributed by atoms with Crippen molar-refractivity contribution < 1.29 is 9.53 Å². The van der Waals surface area contributed by atoms with E-state index in [0.29, 0.717) is 24.9 Å². The number of carbonyl (C=O) groups excluding carboxylic acids is 1. The van der Waals surface area contributed by atoms with Crippen LogP contribution in [0.2, 0.25) is 0 Å². The maximum absolute atomic E-state index is 11.6. The second kappa shape index (κ2) is 11.4. The zero-order valence-corrected chi connectivity index (χ0v) is 12.7. The number of hydrazone groups is 1. The van der Waals surface area contributed by atoms with Gasteiger partial charge in [-0.2, -0.15) is 5.10 Å². The molecule has 0 spiro atoms. The van der Waals surface area contributed by atoms with E-state index in [0.717, 1.165) is 6.54 Å². The first-order valence-corrected chi connectivity index (χ1v) is 6.67. The Labute approximate surface area is 126 Å². The summed E-state index contributed by atoms with van der Waals surface area (Å²) in [6.45, 7) is 16.1. The molecule has 0 saturated carbocycles. The lowest BCUT2D eigenvalue weighted by Crippen LogP contribution is -2.31. The van der Waals surface area contributed by atoms with Crippen LogP contribution in [0.15, 0.2) is 42.2 Å². The lowest BCUT2D eigenvalue weighted by Gasteiger charge is -2.15. The average Bonchev–Trinajstić information content (AvgIpc) is 2.45. The highest BCUT2D eigenvalue weighted by Gasteiger charge is 2.09. The maximum atomic E-state index is 11.6. The number of esters is 1. The lowest BCUT2D eigenvalue weighted by atomic mass is 10.2. The highest BCUT2D eigenvalue weighted by atomic mass is 16.5. The molecule has 21 heavy (non-hydrogen) atoms. The van der Waals surface area contributed by atoms with Crippen LogP contribution in [-0.2, 0) is 9.53 Å². The molecular weight excluding hydrogens is 270 g/mol. The largest absolute Gasteiger partial charge is 0.461 e. The molecule has 0 unspecified atom stereocenters. The van der Waals surface area contributed by atoms with Crippen LogP contribution >= 0.6 is 0 Å². The first kappa shape index (κ1) is 18.6. The Bertz CT molecular complexity index is 393. The second-order valence-electron chi connectivity index (χ2n) is 4.27. The lowest BCUT2D eigenvalue weighted by molar-refractivity contribution is -0.139. The maximum Gasteiger partial charge on any atom is 0.357 e. The molecule has 0 radical (unpaired) electrons. The molecule has 0 aliphatic carbocycles. The second-order valence-corrected chi connectivity index (χ2v) is 4.27. The molecule has 4 N–H and O–H groups in total. The van der Waals surface area contributed by atoms with Crippen molar-refractivity contribution in [2.45, 2.75) is 13.8 Å². The molecule has 0 bridgehead atoms. The summed E-state index contributed by atoms with van der Waals surface area (Å²) < 4.78 is 4.88. The van der Waals surface area contributed by atoms with Crippen molar-refractivity contribution in [3.05, 3.63) is 37.1 Å². The SMILES string of the molecule is C=CNC(=C)NC[C@H](C)CN/C=C(\NN=C)C(=O)OCC. The number of nitrogens with zero attached hydrogens (tertiary/aromatic N) is 1. The van der Waals surface area contributed by atoms with E-state index in [1.54, 1.807) is 13.1 Å². The molecule has 0 saturated heterocycles. The molecule has 0 rings (SSSR count). The van der Waals surface area contributed by atoms with Gasteiger partial charge in [-0.05, 0) is 19.0 Å². The molecule has 0 aliphatic heterocycles. The van der Waals surface area contributed by atoms with Gasteiger partial charge >= 0.3 is 5.97 Å². The van der Waals surface area contributed by atoms with Crippen LogP contribution in [0.1, 0.15) is 13.8 Å². The van der Waals surface area contributed by atoms with Crippen molar-refractivity contribution >= 4 is 12.7 Å². The Hall–Kier alpha value is -2.44. The first-order chi connectivity index (χ1) is 10.0. The molecular formula is C14H25N5O2. The molecule has 0 fully saturated rings. The van der Waals surface area contributed by atoms with Gasteiger partial charge in [-0.15, -0.1) is 0 Å². The van der Waals surface area contributed by atoms with Gasteiger partial charge in [-0.1, -0.05) is 20.1 Å². The van der Waals surface area contributed by atoms with E-state index in [-0.39, 0.29) is 5.70 Å². The summed E-state index contributed by atoms with van der Waals surface area (Å²) in [5, 5.41) is 12.5. The van der Waals surface area contributed by atoms with Crippen molar-refractivity contribution in [2.24, 2.45) is 11.0 Å². The molecule has 0 aliphatic rings. The van der Waals surface area contributed by atoms with Crippen molar-refractivity contribution in [1.29, 1.82) is 0 Å². The highest BCUT2D eigenvalue weighted by molar-refractivity contribution is 5.87. The van der Waals surface area contributed by atoms with Crippen molar-refractivity contribution in [2.75, 3.05) is 19.7 Å². The fourth-order valence-electron chi connectivity index (χ4n) is 1.34. The van der Waals surface area contributed by atoms with Crippen LogP contribution < -0.4 is 21.4 Å². The van der Waals surface area contributed by atoms with Crippen LogP contribution in [0.25, 0.3) is 0 Å². The van der Waals surface area contributed by atoms with Gasteiger partial charge in [-0.3, -0.25) is 5.43 Å². The van der Waals surface area contributed by atoms with E-state index in [9.17, 15) is 4.79 Å². The number of hydrogen-bond donors (Lipinski definition) is 4. The van der Waals surface area contributed by atoms with E-state index >= 15 is 0 Å². The summed E-state index contributed by atoms with van der Waals surface area (Å²) in [6, 6.07) is 0. The summed E-state index contributed by atoms with van der Waals surface area (Å²) in [6.07, 6.45) is 3.08. The normalized spacial score (nSPS) is 11.8. The van der Waals surface area contributed by atoms with Gasteiger partial charge in [0.2, 0.25) is 0 Å². The molecule has 0 heterocycles. The molecule has 0 aromatic carbocycles. The predicted octanol–water partition coefficient (Wildman–Crippen LogP) is 0.616. The fraction of sp³-hybridized carbons (Fsp3) is 0.429. The van der Waals surface area contributed by atoms with Gasteiger partial charge in [0.05, 0.1) is 12.4 Å². The van der Waals surface area contributed by atoms with Crippen molar-refractivity contribution in [3.63, 3.8) is 0 Å². The Morgan fingerprint density at radius 2 is 2.14 bits per heavy atom. The van der Waals surface area contributed by atoms with Crippen LogP contribution in [0.4, 0.5) is 0 Å². The molecule has 118 valence electrons.